The topological polar surface area (TPSA) is 64.9 Å². The molecule has 2 N–H and O–H groups in total. The van der Waals surface area contributed by atoms with Crippen molar-refractivity contribution in [3.63, 3.8) is 0 Å². The van der Waals surface area contributed by atoms with Crippen LogP contribution in [0.1, 0.15) is 70.0 Å². The molecule has 4 nitrogen and oxygen atoms in total. The lowest BCUT2D eigenvalue weighted by atomic mass is 9.98. The predicted octanol–water partition coefficient (Wildman–Crippen LogP) is 3.15. The maximum absolute atomic E-state index is 6.35. The summed E-state index contributed by atoms with van der Waals surface area (Å²) in [5.74, 6) is 1.38. The van der Waals surface area contributed by atoms with E-state index in [0.717, 1.165) is 12.8 Å². The number of hydrogen-bond donors (Lipinski definition) is 1. The summed E-state index contributed by atoms with van der Waals surface area (Å²) >= 11 is 0. The number of rotatable bonds is 2. The molecule has 0 amide bonds. The van der Waals surface area contributed by atoms with Gasteiger partial charge in [0.25, 0.3) is 5.89 Å². The first-order valence-electron chi connectivity index (χ1n) is 7.01. The van der Waals surface area contributed by atoms with Crippen LogP contribution in [-0.2, 0) is 5.54 Å². The normalized spacial score (nSPS) is 22.7. The third kappa shape index (κ3) is 1.99. The van der Waals surface area contributed by atoms with Crippen LogP contribution in [0.4, 0.5) is 0 Å². The molecule has 0 saturated heterocycles. The van der Waals surface area contributed by atoms with E-state index in [0.29, 0.717) is 11.7 Å². The van der Waals surface area contributed by atoms with E-state index >= 15 is 0 Å². The van der Waals surface area contributed by atoms with Crippen molar-refractivity contribution >= 4 is 5.57 Å². The van der Waals surface area contributed by atoms with Gasteiger partial charge in [0.15, 0.2) is 5.82 Å². The molecule has 2 fully saturated rings. The Labute approximate surface area is 108 Å². The van der Waals surface area contributed by atoms with E-state index in [1.165, 1.54) is 49.7 Å². The molecule has 0 atom stereocenters. The number of nitrogens with zero attached hydrogens (tertiary/aromatic N) is 2. The van der Waals surface area contributed by atoms with Gasteiger partial charge in [0.1, 0.15) is 0 Å². The molecule has 4 heteroatoms. The van der Waals surface area contributed by atoms with Crippen LogP contribution in [0, 0.1) is 0 Å². The van der Waals surface area contributed by atoms with Crippen LogP contribution < -0.4 is 5.73 Å². The van der Waals surface area contributed by atoms with Crippen LogP contribution in [0.2, 0.25) is 0 Å². The molecule has 1 aromatic heterocycles. The van der Waals surface area contributed by atoms with Crippen LogP contribution >= 0.6 is 0 Å². The van der Waals surface area contributed by atoms with Gasteiger partial charge in [0.2, 0.25) is 0 Å². The number of allylic oxidation sites excluding steroid dienone is 2. The number of hydrogen-bond acceptors (Lipinski definition) is 4. The molecule has 3 rings (SSSR count). The van der Waals surface area contributed by atoms with E-state index in [1.807, 2.05) is 0 Å². The van der Waals surface area contributed by atoms with Crippen LogP contribution in [0.3, 0.4) is 0 Å². The van der Waals surface area contributed by atoms with Crippen molar-refractivity contribution < 1.29 is 4.52 Å². The molecule has 0 radical (unpaired) electrons. The molecule has 0 bridgehead atoms. The van der Waals surface area contributed by atoms with Gasteiger partial charge >= 0.3 is 0 Å². The van der Waals surface area contributed by atoms with Gasteiger partial charge in [-0.3, -0.25) is 0 Å². The number of aromatic nitrogens is 2. The van der Waals surface area contributed by atoms with Gasteiger partial charge in [-0.2, -0.15) is 4.98 Å². The first kappa shape index (κ1) is 11.9. The Kier molecular flexibility index (Phi) is 2.98. The minimum Gasteiger partial charge on any atom is -0.334 e. The molecule has 0 aliphatic heterocycles. The van der Waals surface area contributed by atoms with Crippen molar-refractivity contribution in [2.75, 3.05) is 0 Å². The SMILES string of the molecule is CC(=C1CCCC1)c1nc(C2(N)CCCC2)no1. The van der Waals surface area contributed by atoms with E-state index in [1.54, 1.807) is 0 Å². The van der Waals surface area contributed by atoms with E-state index in [4.69, 9.17) is 10.3 Å². The first-order valence-corrected chi connectivity index (χ1v) is 7.01. The first-order chi connectivity index (χ1) is 8.69. The Balaban J connectivity index is 1.87. The van der Waals surface area contributed by atoms with E-state index in [-0.39, 0.29) is 5.54 Å². The molecule has 0 aromatic carbocycles. The van der Waals surface area contributed by atoms with Crippen molar-refractivity contribution in [1.82, 2.24) is 10.1 Å². The van der Waals surface area contributed by atoms with E-state index < -0.39 is 0 Å². The maximum atomic E-state index is 6.35. The second-order valence-corrected chi connectivity index (χ2v) is 5.72. The van der Waals surface area contributed by atoms with Crippen molar-refractivity contribution in [3.8, 4) is 0 Å². The van der Waals surface area contributed by atoms with Gasteiger partial charge in [-0.25, -0.2) is 0 Å². The fraction of sp³-hybridized carbons (Fsp3) is 0.714. The monoisotopic (exact) mass is 247 g/mol. The molecule has 2 aliphatic carbocycles. The molecule has 98 valence electrons. The summed E-state index contributed by atoms with van der Waals surface area (Å²) in [4.78, 5) is 4.55. The van der Waals surface area contributed by atoms with Gasteiger partial charge < -0.3 is 10.3 Å². The smallest absolute Gasteiger partial charge is 0.253 e. The van der Waals surface area contributed by atoms with E-state index in [2.05, 4.69) is 17.1 Å². The van der Waals surface area contributed by atoms with Gasteiger partial charge in [-0.05, 0) is 45.4 Å². The van der Waals surface area contributed by atoms with Crippen molar-refractivity contribution in [2.24, 2.45) is 5.73 Å². The third-order valence-corrected chi connectivity index (χ3v) is 4.43. The molecule has 0 unspecified atom stereocenters. The highest BCUT2D eigenvalue weighted by Crippen LogP contribution is 2.36. The highest BCUT2D eigenvalue weighted by atomic mass is 16.5. The minimum absolute atomic E-state index is 0.345. The lowest BCUT2D eigenvalue weighted by Gasteiger charge is -2.17. The fourth-order valence-electron chi connectivity index (χ4n) is 3.14. The second-order valence-electron chi connectivity index (χ2n) is 5.72. The number of nitrogens with two attached hydrogens (primary N) is 1. The lowest BCUT2D eigenvalue weighted by molar-refractivity contribution is 0.363. The van der Waals surface area contributed by atoms with Gasteiger partial charge in [-0.15, -0.1) is 0 Å². The van der Waals surface area contributed by atoms with Crippen LogP contribution in [-0.4, -0.2) is 10.1 Å². The molecule has 1 aromatic rings. The Morgan fingerprint density at radius 2 is 1.83 bits per heavy atom. The summed E-state index contributed by atoms with van der Waals surface area (Å²) < 4.78 is 5.42. The standard InChI is InChI=1S/C14H21N3O/c1-10(11-6-2-3-7-11)12-16-13(17-18-12)14(15)8-4-5-9-14/h2-9,15H2,1H3. The zero-order valence-corrected chi connectivity index (χ0v) is 11.0. The summed E-state index contributed by atoms with van der Waals surface area (Å²) in [6.45, 7) is 2.09. The van der Waals surface area contributed by atoms with Gasteiger partial charge in [-0.1, -0.05) is 23.6 Å². The Hall–Kier alpha value is -1.16. The summed E-state index contributed by atoms with van der Waals surface area (Å²) in [6.07, 6.45) is 9.21. The van der Waals surface area contributed by atoms with Gasteiger partial charge in [0, 0.05) is 5.57 Å². The molecule has 0 spiro atoms. The Morgan fingerprint density at radius 3 is 2.50 bits per heavy atom. The molecular formula is C14H21N3O. The molecule has 1 heterocycles. The van der Waals surface area contributed by atoms with Crippen LogP contribution in [0.25, 0.3) is 5.57 Å². The zero-order chi connectivity index (χ0) is 12.6. The zero-order valence-electron chi connectivity index (χ0n) is 11.0. The average Bonchev–Trinajstić information content (AvgIpc) is 3.10. The summed E-state index contributed by atoms with van der Waals surface area (Å²) in [6, 6.07) is 0. The average molecular weight is 247 g/mol. The highest BCUT2D eigenvalue weighted by molar-refractivity contribution is 5.60. The molecule has 2 saturated carbocycles. The molecule has 18 heavy (non-hydrogen) atoms. The minimum atomic E-state index is -0.345. The summed E-state index contributed by atoms with van der Waals surface area (Å²) in [7, 11) is 0. The maximum Gasteiger partial charge on any atom is 0.253 e. The largest absolute Gasteiger partial charge is 0.334 e. The highest BCUT2D eigenvalue weighted by Gasteiger charge is 2.36. The summed E-state index contributed by atoms with van der Waals surface area (Å²) in [5, 5.41) is 4.12. The summed E-state index contributed by atoms with van der Waals surface area (Å²) in [5.41, 5.74) is 8.65. The Morgan fingerprint density at radius 1 is 1.17 bits per heavy atom. The molecular weight excluding hydrogens is 226 g/mol. The Bertz CT molecular complexity index is 461. The third-order valence-electron chi connectivity index (χ3n) is 4.43. The van der Waals surface area contributed by atoms with Crippen molar-refractivity contribution in [2.45, 2.75) is 63.8 Å². The second kappa shape index (κ2) is 4.50. The van der Waals surface area contributed by atoms with Crippen LogP contribution in [0.5, 0.6) is 0 Å². The lowest BCUT2D eigenvalue weighted by Crippen LogP contribution is -2.34. The quantitative estimate of drug-likeness (QED) is 0.872. The van der Waals surface area contributed by atoms with Crippen LogP contribution in [0.15, 0.2) is 10.1 Å². The predicted molar refractivity (Wildman–Crippen MR) is 69.7 cm³/mol. The fourth-order valence-corrected chi connectivity index (χ4v) is 3.14. The van der Waals surface area contributed by atoms with Crippen molar-refractivity contribution in [1.29, 1.82) is 0 Å². The molecule has 2 aliphatic rings. The van der Waals surface area contributed by atoms with E-state index in [9.17, 15) is 0 Å². The van der Waals surface area contributed by atoms with Gasteiger partial charge in [0.05, 0.1) is 5.54 Å². The van der Waals surface area contributed by atoms with Crippen molar-refractivity contribution in [3.05, 3.63) is 17.3 Å².